The maximum absolute atomic E-state index is 12.7. The molecule has 32 heavy (non-hydrogen) atoms. The predicted molar refractivity (Wildman–Crippen MR) is 120 cm³/mol. The molecule has 0 saturated carbocycles. The SMILES string of the molecule is COc1ccc(C(=O)Nc2ccccc2C(=O)NN=Cc2cccc(C#N)c2)cc1OC. The lowest BCUT2D eigenvalue weighted by atomic mass is 10.1. The number of benzene rings is 3. The number of carbonyl (C=O) groups excluding carboxylic acids is 2. The normalized spacial score (nSPS) is 10.3. The van der Waals surface area contributed by atoms with Gasteiger partial charge in [0.15, 0.2) is 11.5 Å². The lowest BCUT2D eigenvalue weighted by molar-refractivity contribution is 0.0956. The molecule has 0 fully saturated rings. The topological polar surface area (TPSA) is 113 Å². The second-order valence-corrected chi connectivity index (χ2v) is 6.51. The Kier molecular flexibility index (Phi) is 7.17. The van der Waals surface area contributed by atoms with Crippen LogP contribution in [0, 0.1) is 11.3 Å². The Morgan fingerprint density at radius 3 is 2.47 bits per heavy atom. The number of rotatable bonds is 7. The molecule has 0 bridgehead atoms. The molecular weight excluding hydrogens is 408 g/mol. The lowest BCUT2D eigenvalue weighted by Gasteiger charge is -2.12. The van der Waals surface area contributed by atoms with Crippen LogP contribution >= 0.6 is 0 Å². The average Bonchev–Trinajstić information content (AvgIpc) is 2.83. The number of hydrogen-bond acceptors (Lipinski definition) is 6. The van der Waals surface area contributed by atoms with Crippen LogP contribution in [0.1, 0.15) is 31.8 Å². The Morgan fingerprint density at radius 1 is 0.938 bits per heavy atom. The first-order chi connectivity index (χ1) is 15.5. The highest BCUT2D eigenvalue weighted by molar-refractivity contribution is 6.09. The fourth-order valence-electron chi connectivity index (χ4n) is 2.88. The Labute approximate surface area is 185 Å². The Bertz CT molecular complexity index is 1210. The van der Waals surface area contributed by atoms with Gasteiger partial charge in [0, 0.05) is 5.56 Å². The van der Waals surface area contributed by atoms with E-state index in [1.165, 1.54) is 20.4 Å². The molecule has 3 aromatic rings. The van der Waals surface area contributed by atoms with E-state index in [0.717, 1.165) is 0 Å². The van der Waals surface area contributed by atoms with E-state index in [4.69, 9.17) is 14.7 Å². The highest BCUT2D eigenvalue weighted by Gasteiger charge is 2.15. The molecular formula is C24H20N4O4. The molecule has 3 rings (SSSR count). The Morgan fingerprint density at radius 2 is 1.72 bits per heavy atom. The number of hydrazone groups is 1. The first kappa shape index (κ1) is 22.1. The first-order valence-corrected chi connectivity index (χ1v) is 9.51. The molecule has 0 aliphatic heterocycles. The molecule has 0 aliphatic rings. The van der Waals surface area contributed by atoms with E-state index in [2.05, 4.69) is 15.8 Å². The average molecular weight is 428 g/mol. The zero-order valence-corrected chi connectivity index (χ0v) is 17.5. The highest BCUT2D eigenvalue weighted by Crippen LogP contribution is 2.28. The number of nitrogens with zero attached hydrogens (tertiary/aromatic N) is 2. The minimum Gasteiger partial charge on any atom is -0.493 e. The minimum atomic E-state index is -0.499. The van der Waals surface area contributed by atoms with E-state index >= 15 is 0 Å². The van der Waals surface area contributed by atoms with Gasteiger partial charge in [-0.3, -0.25) is 9.59 Å². The first-order valence-electron chi connectivity index (χ1n) is 9.51. The molecule has 2 amide bonds. The molecule has 160 valence electrons. The number of methoxy groups -OCH3 is 2. The molecule has 3 aromatic carbocycles. The maximum Gasteiger partial charge on any atom is 0.273 e. The number of hydrogen-bond donors (Lipinski definition) is 2. The van der Waals surface area contributed by atoms with Crippen LogP contribution < -0.4 is 20.2 Å². The number of ether oxygens (including phenoxy) is 2. The summed E-state index contributed by atoms with van der Waals surface area (Å²) in [6, 6.07) is 20.2. The summed E-state index contributed by atoms with van der Waals surface area (Å²) in [6.45, 7) is 0. The number of anilines is 1. The van der Waals surface area contributed by atoms with Gasteiger partial charge in [0.05, 0.1) is 43.3 Å². The Balaban J connectivity index is 1.74. The summed E-state index contributed by atoms with van der Waals surface area (Å²) in [4.78, 5) is 25.3. The van der Waals surface area contributed by atoms with Gasteiger partial charge in [-0.1, -0.05) is 24.3 Å². The fraction of sp³-hybridized carbons (Fsp3) is 0.0833. The van der Waals surface area contributed by atoms with Crippen LogP contribution in [-0.2, 0) is 0 Å². The third-order valence-electron chi connectivity index (χ3n) is 4.46. The summed E-state index contributed by atoms with van der Waals surface area (Å²) in [5.74, 6) is 0.00639. The van der Waals surface area contributed by atoms with Gasteiger partial charge in [-0.15, -0.1) is 0 Å². The lowest BCUT2D eigenvalue weighted by Crippen LogP contribution is -2.21. The van der Waals surface area contributed by atoms with Gasteiger partial charge in [-0.25, -0.2) is 5.43 Å². The molecule has 8 heteroatoms. The van der Waals surface area contributed by atoms with Crippen molar-refractivity contribution in [1.82, 2.24) is 5.43 Å². The second-order valence-electron chi connectivity index (χ2n) is 6.51. The molecule has 0 spiro atoms. The van der Waals surface area contributed by atoms with Crippen molar-refractivity contribution in [3.05, 3.63) is 89.0 Å². The van der Waals surface area contributed by atoms with Gasteiger partial charge in [-0.2, -0.15) is 10.4 Å². The predicted octanol–water partition coefficient (Wildman–Crippen LogP) is 3.59. The van der Waals surface area contributed by atoms with Crippen molar-refractivity contribution >= 4 is 23.7 Å². The van der Waals surface area contributed by atoms with Crippen LogP contribution in [0.15, 0.2) is 71.8 Å². The number of nitriles is 1. The van der Waals surface area contributed by atoms with E-state index in [1.54, 1.807) is 66.7 Å². The summed E-state index contributed by atoms with van der Waals surface area (Å²) in [5.41, 5.74) is 4.49. The zero-order chi connectivity index (χ0) is 22.9. The van der Waals surface area contributed by atoms with E-state index in [0.29, 0.717) is 33.9 Å². The van der Waals surface area contributed by atoms with Crippen LogP contribution in [0.2, 0.25) is 0 Å². The molecule has 0 aromatic heterocycles. The standard InChI is InChI=1S/C24H20N4O4/c1-31-21-11-10-18(13-22(21)32-2)23(29)27-20-9-4-3-8-19(20)24(30)28-26-15-17-7-5-6-16(12-17)14-25/h3-13,15H,1-2H3,(H,27,29)(H,28,30). The zero-order valence-electron chi connectivity index (χ0n) is 17.5. The molecule has 2 N–H and O–H groups in total. The minimum absolute atomic E-state index is 0.240. The summed E-state index contributed by atoms with van der Waals surface area (Å²) in [6.07, 6.45) is 1.43. The number of carbonyl (C=O) groups is 2. The molecule has 8 nitrogen and oxygen atoms in total. The van der Waals surface area contributed by atoms with E-state index < -0.39 is 11.8 Å². The molecule has 0 heterocycles. The van der Waals surface area contributed by atoms with Crippen molar-refractivity contribution in [2.24, 2.45) is 5.10 Å². The summed E-state index contributed by atoms with van der Waals surface area (Å²) < 4.78 is 10.4. The molecule has 0 saturated heterocycles. The molecule has 0 aliphatic carbocycles. The number of para-hydroxylation sites is 1. The molecule has 0 unspecified atom stereocenters. The van der Waals surface area contributed by atoms with Gasteiger partial charge >= 0.3 is 0 Å². The monoisotopic (exact) mass is 428 g/mol. The quantitative estimate of drug-likeness (QED) is 0.441. The van der Waals surface area contributed by atoms with Gasteiger partial charge in [0.25, 0.3) is 11.8 Å². The van der Waals surface area contributed by atoms with Crippen LogP contribution in [0.25, 0.3) is 0 Å². The Hall–Kier alpha value is -4.64. The summed E-state index contributed by atoms with van der Waals surface area (Å²) in [5, 5.41) is 15.6. The maximum atomic E-state index is 12.7. The molecule has 0 atom stereocenters. The third kappa shape index (κ3) is 5.29. The van der Waals surface area contributed by atoms with Crippen molar-refractivity contribution in [3.8, 4) is 17.6 Å². The second kappa shape index (κ2) is 10.4. The molecule has 0 radical (unpaired) electrons. The van der Waals surface area contributed by atoms with Crippen molar-refractivity contribution in [1.29, 1.82) is 5.26 Å². The number of nitrogens with one attached hydrogen (secondary N) is 2. The van der Waals surface area contributed by atoms with Crippen molar-refractivity contribution in [3.63, 3.8) is 0 Å². The van der Waals surface area contributed by atoms with Crippen molar-refractivity contribution in [2.45, 2.75) is 0 Å². The van der Waals surface area contributed by atoms with Crippen LogP contribution in [0.5, 0.6) is 11.5 Å². The van der Waals surface area contributed by atoms with E-state index in [1.807, 2.05) is 6.07 Å². The van der Waals surface area contributed by atoms with Gasteiger partial charge in [0.1, 0.15) is 0 Å². The van der Waals surface area contributed by atoms with Crippen molar-refractivity contribution < 1.29 is 19.1 Å². The number of amides is 2. The van der Waals surface area contributed by atoms with Gasteiger partial charge in [0.2, 0.25) is 0 Å². The van der Waals surface area contributed by atoms with Gasteiger partial charge in [-0.05, 0) is 48.0 Å². The third-order valence-corrected chi connectivity index (χ3v) is 4.46. The van der Waals surface area contributed by atoms with Crippen LogP contribution in [-0.4, -0.2) is 32.2 Å². The van der Waals surface area contributed by atoms with Crippen LogP contribution in [0.3, 0.4) is 0 Å². The summed E-state index contributed by atoms with van der Waals surface area (Å²) >= 11 is 0. The summed E-state index contributed by atoms with van der Waals surface area (Å²) in [7, 11) is 2.99. The van der Waals surface area contributed by atoms with Crippen LogP contribution in [0.4, 0.5) is 5.69 Å². The largest absolute Gasteiger partial charge is 0.493 e. The highest BCUT2D eigenvalue weighted by atomic mass is 16.5. The van der Waals surface area contributed by atoms with Gasteiger partial charge < -0.3 is 14.8 Å². The smallest absolute Gasteiger partial charge is 0.273 e. The van der Waals surface area contributed by atoms with E-state index in [-0.39, 0.29) is 5.56 Å². The fourth-order valence-corrected chi connectivity index (χ4v) is 2.88. The van der Waals surface area contributed by atoms with E-state index in [9.17, 15) is 9.59 Å². The van der Waals surface area contributed by atoms with Crippen molar-refractivity contribution in [2.75, 3.05) is 19.5 Å².